The number of fused-ring (bicyclic) bond motifs is 1. The molecule has 2 aliphatic rings. The van der Waals surface area contributed by atoms with E-state index in [4.69, 9.17) is 0 Å². The second-order valence-electron chi connectivity index (χ2n) is 9.42. The van der Waals surface area contributed by atoms with Gasteiger partial charge >= 0.3 is 0 Å². The Hall–Kier alpha value is -3.81. The number of hydrogen-bond donors (Lipinski definition) is 3. The summed E-state index contributed by atoms with van der Waals surface area (Å²) in [5, 5.41) is 12.5. The zero-order valence-electron chi connectivity index (χ0n) is 21.0. The van der Waals surface area contributed by atoms with Crippen molar-refractivity contribution in [2.75, 3.05) is 48.8 Å². The lowest BCUT2D eigenvalue weighted by molar-refractivity contribution is -0.114. The first-order chi connectivity index (χ1) is 18.1. The summed E-state index contributed by atoms with van der Waals surface area (Å²) in [6.07, 6.45) is 0. The summed E-state index contributed by atoms with van der Waals surface area (Å²) in [4.78, 5) is 29.3. The maximum Gasteiger partial charge on any atom is 0.256 e. The Morgan fingerprint density at radius 3 is 2.50 bits per heavy atom. The van der Waals surface area contributed by atoms with Crippen molar-refractivity contribution in [3.8, 4) is 0 Å². The van der Waals surface area contributed by atoms with Gasteiger partial charge in [-0.3, -0.25) is 14.7 Å². The molecule has 2 aliphatic heterocycles. The molecule has 3 N–H and O–H groups in total. The minimum absolute atomic E-state index is 0.0173. The van der Waals surface area contributed by atoms with Crippen molar-refractivity contribution >= 4 is 39.0 Å². The second kappa shape index (κ2) is 10.2. The van der Waals surface area contributed by atoms with Crippen LogP contribution in [0.1, 0.15) is 28.5 Å². The average molecular weight is 542 g/mol. The van der Waals surface area contributed by atoms with Crippen molar-refractivity contribution in [2.45, 2.75) is 24.9 Å². The third kappa shape index (κ3) is 5.12. The molecule has 5 rings (SSSR count). The SMILES string of the molecule is CC(=O)Nc1cc(C(=O)Nc2n[nH]c3c2CN(S(=O)(=O)c2cccc(F)c2)C3)ccc1N1CCN(C)CC1. The van der Waals surface area contributed by atoms with Crippen LogP contribution in [0.25, 0.3) is 0 Å². The van der Waals surface area contributed by atoms with Crippen molar-refractivity contribution in [3.63, 3.8) is 0 Å². The molecule has 0 atom stereocenters. The highest BCUT2D eigenvalue weighted by atomic mass is 32.2. The Morgan fingerprint density at radius 1 is 1.03 bits per heavy atom. The van der Waals surface area contributed by atoms with E-state index in [0.29, 0.717) is 22.5 Å². The number of rotatable bonds is 6. The maximum absolute atomic E-state index is 13.6. The number of anilines is 3. The predicted molar refractivity (Wildman–Crippen MR) is 140 cm³/mol. The molecule has 0 bridgehead atoms. The van der Waals surface area contributed by atoms with Crippen LogP contribution >= 0.6 is 0 Å². The minimum Gasteiger partial charge on any atom is -0.367 e. The molecule has 0 unspecified atom stereocenters. The van der Waals surface area contributed by atoms with Gasteiger partial charge in [-0.2, -0.15) is 9.40 Å². The molecule has 11 nitrogen and oxygen atoms in total. The third-order valence-electron chi connectivity index (χ3n) is 6.70. The Morgan fingerprint density at radius 2 is 1.79 bits per heavy atom. The number of amides is 2. The monoisotopic (exact) mass is 541 g/mol. The molecular formula is C25H28FN7O4S. The van der Waals surface area contributed by atoms with E-state index in [2.05, 4.69) is 37.7 Å². The Balaban J connectivity index is 1.34. The molecule has 38 heavy (non-hydrogen) atoms. The summed E-state index contributed by atoms with van der Waals surface area (Å²) in [6, 6.07) is 9.95. The highest BCUT2D eigenvalue weighted by Crippen LogP contribution is 2.33. The van der Waals surface area contributed by atoms with Gasteiger partial charge in [0.1, 0.15) is 5.82 Å². The number of piperazine rings is 1. The number of carbonyl (C=O) groups excluding carboxylic acids is 2. The molecule has 1 aromatic heterocycles. The second-order valence-corrected chi connectivity index (χ2v) is 11.4. The van der Waals surface area contributed by atoms with Crippen LogP contribution in [-0.4, -0.2) is 72.9 Å². The van der Waals surface area contributed by atoms with E-state index in [9.17, 15) is 22.4 Å². The van der Waals surface area contributed by atoms with Crippen LogP contribution in [0.15, 0.2) is 47.4 Å². The summed E-state index contributed by atoms with van der Waals surface area (Å²) >= 11 is 0. The van der Waals surface area contributed by atoms with Crippen molar-refractivity contribution in [1.82, 2.24) is 19.4 Å². The zero-order valence-corrected chi connectivity index (χ0v) is 21.8. The molecule has 1 fully saturated rings. The topological polar surface area (TPSA) is 131 Å². The predicted octanol–water partition coefficient (Wildman–Crippen LogP) is 2.22. The summed E-state index contributed by atoms with van der Waals surface area (Å²) in [6.45, 7) is 4.77. The summed E-state index contributed by atoms with van der Waals surface area (Å²) < 4.78 is 40.8. The number of nitrogens with zero attached hydrogens (tertiary/aromatic N) is 4. The lowest BCUT2D eigenvalue weighted by Gasteiger charge is -2.35. The molecule has 0 saturated carbocycles. The molecule has 200 valence electrons. The fourth-order valence-corrected chi connectivity index (χ4v) is 6.04. The molecule has 3 heterocycles. The number of aromatic amines is 1. The largest absolute Gasteiger partial charge is 0.367 e. The van der Waals surface area contributed by atoms with Crippen LogP contribution in [0, 0.1) is 5.82 Å². The summed E-state index contributed by atoms with van der Waals surface area (Å²) in [7, 11) is -1.89. The Kier molecular flexibility index (Phi) is 6.90. The standard InChI is InChI=1S/C25H28FN7O4S/c1-16(34)27-21-12-17(6-7-23(21)32-10-8-31(2)9-11-32)25(35)28-24-20-14-33(15-22(20)29-30-24)38(36,37)19-5-3-4-18(26)13-19/h3-7,12-13H,8-11,14-15H2,1-2H3,(H,27,34)(H2,28,29,30,35). The molecule has 13 heteroatoms. The fourth-order valence-electron chi connectivity index (χ4n) is 4.63. The van der Waals surface area contributed by atoms with Crippen molar-refractivity contribution in [1.29, 1.82) is 0 Å². The molecule has 2 amide bonds. The first-order valence-corrected chi connectivity index (χ1v) is 13.5. The zero-order chi connectivity index (χ0) is 27.0. The van der Waals surface area contributed by atoms with Crippen molar-refractivity contribution in [3.05, 3.63) is 65.1 Å². The highest BCUT2D eigenvalue weighted by Gasteiger charge is 2.34. The number of carbonyl (C=O) groups is 2. The number of halogens is 1. The summed E-state index contributed by atoms with van der Waals surface area (Å²) in [5.74, 6) is -1.13. The van der Waals surface area contributed by atoms with E-state index in [1.165, 1.54) is 29.4 Å². The van der Waals surface area contributed by atoms with Crippen molar-refractivity contribution < 1.29 is 22.4 Å². The van der Waals surface area contributed by atoms with Crippen LogP contribution in [0.2, 0.25) is 0 Å². The molecule has 0 radical (unpaired) electrons. The number of H-pyrrole nitrogens is 1. The van der Waals surface area contributed by atoms with Crippen LogP contribution < -0.4 is 15.5 Å². The number of sulfonamides is 1. The normalized spacial score (nSPS) is 16.3. The number of aromatic nitrogens is 2. The molecule has 0 spiro atoms. The lowest BCUT2D eigenvalue weighted by Crippen LogP contribution is -2.44. The van der Waals surface area contributed by atoms with Gasteiger partial charge in [0.05, 0.1) is 28.5 Å². The van der Waals surface area contributed by atoms with Gasteiger partial charge in [0.15, 0.2) is 5.82 Å². The van der Waals surface area contributed by atoms with Gasteiger partial charge in [0, 0.05) is 50.8 Å². The number of nitrogens with one attached hydrogen (secondary N) is 3. The van der Waals surface area contributed by atoms with Gasteiger partial charge in [-0.15, -0.1) is 0 Å². The van der Waals surface area contributed by atoms with Gasteiger partial charge in [-0.25, -0.2) is 12.8 Å². The Bertz CT molecular complexity index is 1500. The van der Waals surface area contributed by atoms with E-state index in [1.807, 2.05) is 6.07 Å². The lowest BCUT2D eigenvalue weighted by atomic mass is 10.1. The number of benzene rings is 2. The van der Waals surface area contributed by atoms with Crippen LogP contribution in [0.4, 0.5) is 21.6 Å². The molecule has 3 aromatic rings. The van der Waals surface area contributed by atoms with Gasteiger partial charge < -0.3 is 20.4 Å². The van der Waals surface area contributed by atoms with Crippen LogP contribution in [0.3, 0.4) is 0 Å². The average Bonchev–Trinajstić information content (AvgIpc) is 3.47. The van der Waals surface area contributed by atoms with Crippen molar-refractivity contribution in [2.24, 2.45) is 0 Å². The Labute approximate surface area is 219 Å². The highest BCUT2D eigenvalue weighted by molar-refractivity contribution is 7.89. The minimum atomic E-state index is -3.95. The van der Waals surface area contributed by atoms with E-state index < -0.39 is 21.7 Å². The molecule has 0 aliphatic carbocycles. The molecular weight excluding hydrogens is 513 g/mol. The van der Waals surface area contributed by atoms with E-state index in [0.717, 1.165) is 37.9 Å². The van der Waals surface area contributed by atoms with Gasteiger partial charge in [0.25, 0.3) is 5.91 Å². The van der Waals surface area contributed by atoms with Crippen LogP contribution in [-0.2, 0) is 27.9 Å². The summed E-state index contributed by atoms with van der Waals surface area (Å²) in [5.41, 5.74) is 2.77. The quantitative estimate of drug-likeness (QED) is 0.436. The number of likely N-dealkylation sites (N-methyl/N-ethyl adjacent to an activating group) is 1. The van der Waals surface area contributed by atoms with E-state index in [-0.39, 0.29) is 29.7 Å². The first kappa shape index (κ1) is 25.8. The van der Waals surface area contributed by atoms with Gasteiger partial charge in [-0.05, 0) is 43.4 Å². The number of hydrogen-bond acceptors (Lipinski definition) is 7. The molecule has 2 aromatic carbocycles. The van der Waals surface area contributed by atoms with Gasteiger partial charge in [0.2, 0.25) is 15.9 Å². The van der Waals surface area contributed by atoms with E-state index in [1.54, 1.807) is 12.1 Å². The maximum atomic E-state index is 13.6. The fraction of sp³-hybridized carbons (Fsp3) is 0.320. The first-order valence-electron chi connectivity index (χ1n) is 12.1. The van der Waals surface area contributed by atoms with E-state index >= 15 is 0 Å². The van der Waals surface area contributed by atoms with Crippen LogP contribution in [0.5, 0.6) is 0 Å². The molecule has 1 saturated heterocycles. The third-order valence-corrected chi connectivity index (χ3v) is 8.49. The smallest absolute Gasteiger partial charge is 0.256 e. The van der Waals surface area contributed by atoms with Gasteiger partial charge in [-0.1, -0.05) is 6.07 Å².